The maximum absolute atomic E-state index is 12.2. The summed E-state index contributed by atoms with van der Waals surface area (Å²) in [7, 11) is -2.92. The number of carbonyl (C=O) groups excluding carboxylic acids is 1. The Morgan fingerprint density at radius 2 is 1.82 bits per heavy atom. The Kier molecular flexibility index (Phi) is 4.04. The third-order valence-corrected chi connectivity index (χ3v) is 5.27. The number of hydrogen-bond acceptors (Lipinski definition) is 4. The molecule has 0 bridgehead atoms. The number of piperidine rings is 1. The van der Waals surface area contributed by atoms with E-state index in [1.165, 1.54) is 0 Å². The van der Waals surface area contributed by atoms with Gasteiger partial charge in [-0.3, -0.25) is 4.79 Å². The summed E-state index contributed by atoms with van der Waals surface area (Å²) in [4.78, 5) is 14.0. The summed E-state index contributed by atoms with van der Waals surface area (Å²) < 4.78 is 22.9. The molecule has 98 valence electrons. The first-order valence-electron chi connectivity index (χ1n) is 6.28. The first-order chi connectivity index (χ1) is 8.08. The fourth-order valence-corrected chi connectivity index (χ4v) is 3.76. The van der Waals surface area contributed by atoms with Gasteiger partial charge in [-0.2, -0.15) is 0 Å². The molecular weight excluding hydrogens is 240 g/mol. The molecule has 2 rings (SSSR count). The first kappa shape index (κ1) is 12.8. The van der Waals surface area contributed by atoms with E-state index in [2.05, 4.69) is 5.32 Å². The van der Waals surface area contributed by atoms with Gasteiger partial charge in [0.15, 0.2) is 9.84 Å². The SMILES string of the molecule is O=C(C1CCNCC1)N1CCCS(=O)(=O)CC1. The summed E-state index contributed by atoms with van der Waals surface area (Å²) in [5, 5.41) is 3.23. The van der Waals surface area contributed by atoms with E-state index >= 15 is 0 Å². The lowest BCUT2D eigenvalue weighted by atomic mass is 9.96. The molecule has 0 radical (unpaired) electrons. The number of nitrogens with one attached hydrogen (secondary N) is 1. The quantitative estimate of drug-likeness (QED) is 0.699. The van der Waals surface area contributed by atoms with Gasteiger partial charge in [0.2, 0.25) is 5.91 Å². The Morgan fingerprint density at radius 3 is 2.53 bits per heavy atom. The molecule has 2 aliphatic heterocycles. The van der Waals surface area contributed by atoms with E-state index in [0.717, 1.165) is 25.9 Å². The van der Waals surface area contributed by atoms with E-state index in [1.54, 1.807) is 4.90 Å². The van der Waals surface area contributed by atoms with Crippen LogP contribution in [0.15, 0.2) is 0 Å². The lowest BCUT2D eigenvalue weighted by molar-refractivity contribution is -0.136. The molecule has 0 aromatic rings. The third-order valence-electron chi connectivity index (χ3n) is 3.56. The molecule has 0 unspecified atom stereocenters. The van der Waals surface area contributed by atoms with Crippen LogP contribution in [0.1, 0.15) is 19.3 Å². The van der Waals surface area contributed by atoms with E-state index < -0.39 is 9.84 Å². The highest BCUT2D eigenvalue weighted by Crippen LogP contribution is 2.17. The highest BCUT2D eigenvalue weighted by atomic mass is 32.2. The molecule has 0 aromatic heterocycles. The third kappa shape index (κ3) is 3.42. The van der Waals surface area contributed by atoms with E-state index in [1.807, 2.05) is 0 Å². The average Bonchev–Trinajstić information content (AvgIpc) is 2.50. The van der Waals surface area contributed by atoms with E-state index in [4.69, 9.17) is 0 Å². The van der Waals surface area contributed by atoms with E-state index in [0.29, 0.717) is 19.5 Å². The molecule has 0 spiro atoms. The van der Waals surface area contributed by atoms with Crippen LogP contribution in [-0.2, 0) is 14.6 Å². The molecule has 0 aliphatic carbocycles. The Labute approximate surface area is 102 Å². The molecule has 2 saturated heterocycles. The van der Waals surface area contributed by atoms with Crippen molar-refractivity contribution in [3.63, 3.8) is 0 Å². The van der Waals surface area contributed by atoms with Gasteiger partial charge in [0.05, 0.1) is 11.5 Å². The van der Waals surface area contributed by atoms with Gasteiger partial charge >= 0.3 is 0 Å². The maximum Gasteiger partial charge on any atom is 0.225 e. The second-order valence-electron chi connectivity index (χ2n) is 4.85. The zero-order chi connectivity index (χ0) is 12.3. The molecule has 0 aromatic carbocycles. The number of carbonyl (C=O) groups is 1. The molecule has 0 saturated carbocycles. The molecule has 2 fully saturated rings. The van der Waals surface area contributed by atoms with Gasteiger partial charge in [-0.1, -0.05) is 0 Å². The van der Waals surface area contributed by atoms with Crippen molar-refractivity contribution < 1.29 is 13.2 Å². The van der Waals surface area contributed by atoms with Gasteiger partial charge in [0.1, 0.15) is 0 Å². The molecule has 6 heteroatoms. The molecule has 17 heavy (non-hydrogen) atoms. The predicted molar refractivity (Wildman–Crippen MR) is 65.4 cm³/mol. The second kappa shape index (κ2) is 5.35. The van der Waals surface area contributed by atoms with Crippen LogP contribution in [0.4, 0.5) is 0 Å². The Bertz CT molecular complexity index is 374. The molecule has 1 amide bonds. The van der Waals surface area contributed by atoms with E-state index in [9.17, 15) is 13.2 Å². The molecule has 0 atom stereocenters. The summed E-state index contributed by atoms with van der Waals surface area (Å²) in [6, 6.07) is 0. The average molecular weight is 260 g/mol. The largest absolute Gasteiger partial charge is 0.341 e. The van der Waals surface area contributed by atoms with Crippen LogP contribution in [0.25, 0.3) is 0 Å². The second-order valence-corrected chi connectivity index (χ2v) is 7.16. The highest BCUT2D eigenvalue weighted by molar-refractivity contribution is 7.91. The smallest absolute Gasteiger partial charge is 0.225 e. The number of amides is 1. The summed E-state index contributed by atoms with van der Waals surface area (Å²) in [5.74, 6) is 0.604. The summed E-state index contributed by atoms with van der Waals surface area (Å²) in [6.07, 6.45) is 2.34. The number of hydrogen-bond donors (Lipinski definition) is 1. The molecule has 1 N–H and O–H groups in total. The fourth-order valence-electron chi connectivity index (χ4n) is 2.49. The van der Waals surface area contributed by atoms with Crippen molar-refractivity contribution in [1.82, 2.24) is 10.2 Å². The predicted octanol–water partition coefficient (Wildman–Crippen LogP) is -0.367. The van der Waals surface area contributed by atoms with Crippen molar-refractivity contribution >= 4 is 15.7 Å². The lowest BCUT2D eigenvalue weighted by Gasteiger charge is -2.28. The van der Waals surface area contributed by atoms with Crippen LogP contribution < -0.4 is 5.32 Å². The van der Waals surface area contributed by atoms with Crippen molar-refractivity contribution in [1.29, 1.82) is 0 Å². The van der Waals surface area contributed by atoms with Crippen molar-refractivity contribution in [2.24, 2.45) is 5.92 Å². The van der Waals surface area contributed by atoms with Crippen LogP contribution in [0.2, 0.25) is 0 Å². The highest BCUT2D eigenvalue weighted by Gasteiger charge is 2.28. The molecular formula is C11H20N2O3S. The number of rotatable bonds is 1. The van der Waals surface area contributed by atoms with Gasteiger partial charge in [0.25, 0.3) is 0 Å². The summed E-state index contributed by atoms with van der Waals surface area (Å²) in [6.45, 7) is 2.76. The van der Waals surface area contributed by atoms with Gasteiger partial charge in [0, 0.05) is 19.0 Å². The van der Waals surface area contributed by atoms with Crippen molar-refractivity contribution in [2.45, 2.75) is 19.3 Å². The summed E-state index contributed by atoms with van der Waals surface area (Å²) in [5.41, 5.74) is 0. The van der Waals surface area contributed by atoms with Crippen LogP contribution in [0.5, 0.6) is 0 Å². The summed E-state index contributed by atoms with van der Waals surface area (Å²) >= 11 is 0. The zero-order valence-electron chi connectivity index (χ0n) is 10.0. The Hall–Kier alpha value is -0.620. The number of nitrogens with zero attached hydrogens (tertiary/aromatic N) is 1. The first-order valence-corrected chi connectivity index (χ1v) is 8.10. The molecule has 2 aliphatic rings. The molecule has 5 nitrogen and oxygen atoms in total. The Balaban J connectivity index is 1.95. The van der Waals surface area contributed by atoms with Gasteiger partial charge in [-0.15, -0.1) is 0 Å². The van der Waals surface area contributed by atoms with Crippen LogP contribution in [0.3, 0.4) is 0 Å². The van der Waals surface area contributed by atoms with Crippen molar-refractivity contribution in [3.8, 4) is 0 Å². The zero-order valence-corrected chi connectivity index (χ0v) is 10.8. The minimum atomic E-state index is -2.92. The topological polar surface area (TPSA) is 66.5 Å². The number of sulfone groups is 1. The Morgan fingerprint density at radius 1 is 1.12 bits per heavy atom. The van der Waals surface area contributed by atoms with Gasteiger partial charge < -0.3 is 10.2 Å². The van der Waals surface area contributed by atoms with Crippen molar-refractivity contribution in [2.75, 3.05) is 37.7 Å². The monoisotopic (exact) mass is 260 g/mol. The standard InChI is InChI=1S/C11H20N2O3S/c14-11(10-2-4-12-5-3-10)13-6-1-8-17(15,16)9-7-13/h10,12H,1-9H2. The normalized spacial score (nSPS) is 26.5. The van der Waals surface area contributed by atoms with Crippen molar-refractivity contribution in [3.05, 3.63) is 0 Å². The van der Waals surface area contributed by atoms with Crippen LogP contribution in [-0.4, -0.2) is 56.9 Å². The van der Waals surface area contributed by atoms with Gasteiger partial charge in [-0.05, 0) is 32.4 Å². The fraction of sp³-hybridized carbons (Fsp3) is 0.909. The maximum atomic E-state index is 12.2. The van der Waals surface area contributed by atoms with Crippen LogP contribution in [0, 0.1) is 5.92 Å². The van der Waals surface area contributed by atoms with Crippen LogP contribution >= 0.6 is 0 Å². The minimum Gasteiger partial charge on any atom is -0.341 e. The molecule has 2 heterocycles. The lowest BCUT2D eigenvalue weighted by Crippen LogP contribution is -2.42. The van der Waals surface area contributed by atoms with Gasteiger partial charge in [-0.25, -0.2) is 8.42 Å². The minimum absolute atomic E-state index is 0.0945. The van der Waals surface area contributed by atoms with E-state index in [-0.39, 0.29) is 23.3 Å².